The molecule has 0 aliphatic rings. The molecule has 0 fully saturated rings. The fourth-order valence-corrected chi connectivity index (χ4v) is 3.15. The molecule has 0 aliphatic carbocycles. The molecule has 0 heterocycles. The largest absolute Gasteiger partial charge is 0.417 e. The van der Waals surface area contributed by atoms with E-state index in [4.69, 9.17) is 5.26 Å². The zero-order valence-corrected chi connectivity index (χ0v) is 11.8. The zero-order chi connectivity index (χ0) is 15.6. The summed E-state index contributed by atoms with van der Waals surface area (Å²) in [6, 6.07) is 3.89. The molecule has 0 aromatic heterocycles. The summed E-state index contributed by atoms with van der Waals surface area (Å²) in [5.74, 6) is -0.0846. The summed E-state index contributed by atoms with van der Waals surface area (Å²) < 4.78 is 62.2. The van der Waals surface area contributed by atoms with Gasteiger partial charge in [0.05, 0.1) is 27.8 Å². The van der Waals surface area contributed by atoms with Gasteiger partial charge in [-0.1, -0.05) is 13.8 Å². The first-order valence-corrected chi connectivity index (χ1v) is 7.57. The second-order valence-corrected chi connectivity index (χ2v) is 6.93. The van der Waals surface area contributed by atoms with E-state index < -0.39 is 32.0 Å². The third kappa shape index (κ3) is 3.97. The summed E-state index contributed by atoms with van der Waals surface area (Å²) >= 11 is 0. The molecule has 0 N–H and O–H groups in total. The van der Waals surface area contributed by atoms with E-state index in [9.17, 15) is 21.6 Å². The minimum absolute atomic E-state index is 0.130. The van der Waals surface area contributed by atoms with Gasteiger partial charge >= 0.3 is 6.18 Å². The van der Waals surface area contributed by atoms with Crippen LogP contribution in [0.2, 0.25) is 0 Å². The van der Waals surface area contributed by atoms with E-state index >= 15 is 0 Å². The van der Waals surface area contributed by atoms with E-state index in [0.717, 1.165) is 12.1 Å². The number of nitriles is 1. The number of benzene rings is 1. The molecule has 0 saturated heterocycles. The van der Waals surface area contributed by atoms with Crippen LogP contribution in [-0.4, -0.2) is 14.2 Å². The van der Waals surface area contributed by atoms with Gasteiger partial charge in [0.15, 0.2) is 9.84 Å². The van der Waals surface area contributed by atoms with Gasteiger partial charge in [-0.25, -0.2) is 8.42 Å². The average Bonchev–Trinajstić information content (AvgIpc) is 2.34. The Bertz CT molecular complexity index is 628. The summed E-state index contributed by atoms with van der Waals surface area (Å²) in [7, 11) is -3.77. The van der Waals surface area contributed by atoms with Crippen molar-refractivity contribution >= 4 is 9.84 Å². The first-order chi connectivity index (χ1) is 9.08. The molecule has 110 valence electrons. The first kappa shape index (κ1) is 16.5. The fourth-order valence-electron chi connectivity index (χ4n) is 1.56. The van der Waals surface area contributed by atoms with Crippen LogP contribution in [0.3, 0.4) is 0 Å². The normalized spacial score (nSPS) is 12.4. The van der Waals surface area contributed by atoms with Crippen LogP contribution in [0.15, 0.2) is 23.1 Å². The Morgan fingerprint density at radius 2 is 1.90 bits per heavy atom. The Hall–Kier alpha value is -1.55. The highest BCUT2D eigenvalue weighted by Gasteiger charge is 2.34. The molecule has 0 spiro atoms. The number of halogens is 3. The number of hydrogen-bond donors (Lipinski definition) is 0. The highest BCUT2D eigenvalue weighted by Crippen LogP contribution is 2.33. The van der Waals surface area contributed by atoms with E-state index in [2.05, 4.69) is 0 Å². The van der Waals surface area contributed by atoms with Gasteiger partial charge in [-0.05, 0) is 30.5 Å². The maximum absolute atomic E-state index is 12.8. The maximum atomic E-state index is 12.8. The van der Waals surface area contributed by atoms with Gasteiger partial charge in [0.2, 0.25) is 0 Å². The van der Waals surface area contributed by atoms with Gasteiger partial charge in [-0.2, -0.15) is 18.4 Å². The quantitative estimate of drug-likeness (QED) is 0.856. The maximum Gasteiger partial charge on any atom is 0.417 e. The SMILES string of the molecule is CC(C)CCS(=O)(=O)c1ccc(C#N)c(C(F)(F)F)c1. The first-order valence-electron chi connectivity index (χ1n) is 5.92. The van der Waals surface area contributed by atoms with E-state index in [1.54, 1.807) is 0 Å². The Balaban J connectivity index is 3.26. The van der Waals surface area contributed by atoms with Gasteiger partial charge in [0.1, 0.15) is 0 Å². The third-order valence-electron chi connectivity index (χ3n) is 2.74. The third-order valence-corrected chi connectivity index (χ3v) is 4.49. The molecule has 1 rings (SSSR count). The van der Waals surface area contributed by atoms with Crippen molar-refractivity contribution < 1.29 is 21.6 Å². The molecule has 0 atom stereocenters. The predicted octanol–water partition coefficient (Wildman–Crippen LogP) is 3.40. The number of sulfone groups is 1. The van der Waals surface area contributed by atoms with Crippen molar-refractivity contribution in [2.24, 2.45) is 5.92 Å². The summed E-state index contributed by atoms with van der Waals surface area (Å²) in [6.07, 6.45) is -4.39. The average molecular weight is 305 g/mol. The van der Waals surface area contributed by atoms with Crippen molar-refractivity contribution in [1.29, 1.82) is 5.26 Å². The zero-order valence-electron chi connectivity index (χ0n) is 11.0. The van der Waals surface area contributed by atoms with Crippen LogP contribution in [-0.2, 0) is 16.0 Å². The molecular weight excluding hydrogens is 291 g/mol. The second-order valence-electron chi connectivity index (χ2n) is 4.82. The van der Waals surface area contributed by atoms with Gasteiger partial charge in [0, 0.05) is 0 Å². The molecule has 1 aromatic rings. The van der Waals surface area contributed by atoms with E-state index in [1.807, 2.05) is 13.8 Å². The Labute approximate surface area is 116 Å². The van der Waals surface area contributed by atoms with E-state index in [0.29, 0.717) is 12.5 Å². The highest BCUT2D eigenvalue weighted by molar-refractivity contribution is 7.91. The van der Waals surface area contributed by atoms with E-state index in [1.165, 1.54) is 6.07 Å². The number of rotatable bonds is 4. The molecule has 7 heteroatoms. The van der Waals surface area contributed by atoms with E-state index in [-0.39, 0.29) is 11.7 Å². The molecule has 1 aromatic carbocycles. The van der Waals surface area contributed by atoms with Crippen LogP contribution >= 0.6 is 0 Å². The van der Waals surface area contributed by atoms with Gasteiger partial charge in [-0.15, -0.1) is 0 Å². The van der Waals surface area contributed by atoms with Gasteiger partial charge < -0.3 is 0 Å². The van der Waals surface area contributed by atoms with Crippen LogP contribution in [0.25, 0.3) is 0 Å². The summed E-state index contributed by atoms with van der Waals surface area (Å²) in [5, 5.41) is 8.65. The number of alkyl halides is 3. The molecule has 0 aliphatic heterocycles. The second kappa shape index (κ2) is 5.83. The molecule has 0 amide bonds. The van der Waals surface area contributed by atoms with Crippen LogP contribution in [0.1, 0.15) is 31.4 Å². The minimum Gasteiger partial charge on any atom is -0.224 e. The molecular formula is C13H14F3NO2S. The minimum atomic E-state index is -4.76. The lowest BCUT2D eigenvalue weighted by molar-refractivity contribution is -0.137. The monoisotopic (exact) mass is 305 g/mol. The predicted molar refractivity (Wildman–Crippen MR) is 67.7 cm³/mol. The van der Waals surface area contributed by atoms with Gasteiger partial charge in [-0.3, -0.25) is 0 Å². The summed E-state index contributed by atoms with van der Waals surface area (Å²) in [5.41, 5.74) is -1.80. The molecule has 20 heavy (non-hydrogen) atoms. The van der Waals surface area contributed by atoms with Gasteiger partial charge in [0.25, 0.3) is 0 Å². The number of hydrogen-bond acceptors (Lipinski definition) is 3. The lowest BCUT2D eigenvalue weighted by Crippen LogP contribution is -2.13. The molecule has 0 bridgehead atoms. The Morgan fingerprint density at radius 1 is 1.30 bits per heavy atom. The summed E-state index contributed by atoms with van der Waals surface area (Å²) in [4.78, 5) is -0.399. The number of nitrogens with zero attached hydrogens (tertiary/aromatic N) is 1. The van der Waals surface area contributed by atoms with Crippen molar-refractivity contribution in [3.05, 3.63) is 29.3 Å². The van der Waals surface area contributed by atoms with Crippen molar-refractivity contribution in [2.75, 3.05) is 5.75 Å². The van der Waals surface area contributed by atoms with Crippen molar-refractivity contribution in [3.63, 3.8) is 0 Å². The van der Waals surface area contributed by atoms with Crippen LogP contribution in [0.4, 0.5) is 13.2 Å². The summed E-state index contributed by atoms with van der Waals surface area (Å²) in [6.45, 7) is 3.66. The van der Waals surface area contributed by atoms with Crippen molar-refractivity contribution in [1.82, 2.24) is 0 Å². The smallest absolute Gasteiger partial charge is 0.224 e. The van der Waals surface area contributed by atoms with Crippen LogP contribution < -0.4 is 0 Å². The van der Waals surface area contributed by atoms with Crippen LogP contribution in [0, 0.1) is 17.2 Å². The van der Waals surface area contributed by atoms with Crippen molar-refractivity contribution in [2.45, 2.75) is 31.3 Å². The van der Waals surface area contributed by atoms with Crippen molar-refractivity contribution in [3.8, 4) is 6.07 Å². The molecule has 3 nitrogen and oxygen atoms in total. The standard InChI is InChI=1S/C13H14F3NO2S/c1-9(2)5-6-20(18,19)11-4-3-10(8-17)12(7-11)13(14,15)16/h3-4,7,9H,5-6H2,1-2H3. The molecule has 0 radical (unpaired) electrons. The fraction of sp³-hybridized carbons (Fsp3) is 0.462. The Kier molecular flexibility index (Phi) is 4.81. The molecule has 0 unspecified atom stereocenters. The molecule has 0 saturated carbocycles. The van der Waals surface area contributed by atoms with Crippen LogP contribution in [0.5, 0.6) is 0 Å². The topological polar surface area (TPSA) is 57.9 Å². The lowest BCUT2D eigenvalue weighted by atomic mass is 10.1. The lowest BCUT2D eigenvalue weighted by Gasteiger charge is -2.12. The Morgan fingerprint density at radius 3 is 2.35 bits per heavy atom. The highest BCUT2D eigenvalue weighted by atomic mass is 32.2.